The molecule has 0 aliphatic heterocycles. The molecule has 0 saturated carbocycles. The van der Waals surface area contributed by atoms with Crippen molar-refractivity contribution in [2.45, 2.75) is 19.8 Å². The molecule has 0 aliphatic carbocycles. The lowest BCUT2D eigenvalue weighted by Gasteiger charge is -2.12. The molecule has 3 nitrogen and oxygen atoms in total. The highest BCUT2D eigenvalue weighted by molar-refractivity contribution is 4.86. The number of nitrogens with zero attached hydrogens (tertiary/aromatic N) is 2. The van der Waals surface area contributed by atoms with Crippen molar-refractivity contribution in [2.75, 3.05) is 20.1 Å². The highest BCUT2D eigenvalue weighted by Gasteiger charge is 1.96. The van der Waals surface area contributed by atoms with Gasteiger partial charge in [0.1, 0.15) is 5.82 Å². The molecule has 1 rings (SSSR count). The van der Waals surface area contributed by atoms with Crippen molar-refractivity contribution in [3.63, 3.8) is 0 Å². The van der Waals surface area contributed by atoms with Gasteiger partial charge < -0.3 is 9.88 Å². The molecule has 1 N–H and O–H groups in total. The van der Waals surface area contributed by atoms with Gasteiger partial charge in [0.25, 0.3) is 0 Å². The molecule has 3 heteroatoms. The van der Waals surface area contributed by atoms with Gasteiger partial charge in [0.2, 0.25) is 0 Å². The number of imidazole rings is 1. The van der Waals surface area contributed by atoms with Crippen LogP contribution in [0.4, 0.5) is 0 Å². The Bertz CT molecular complexity index is 194. The molecule has 0 aliphatic rings. The van der Waals surface area contributed by atoms with Crippen LogP contribution in [0, 0.1) is 0 Å². The van der Waals surface area contributed by atoms with Crippen molar-refractivity contribution in [3.05, 3.63) is 18.2 Å². The third kappa shape index (κ3) is 3.05. The van der Waals surface area contributed by atoms with Crippen molar-refractivity contribution in [3.8, 4) is 0 Å². The summed E-state index contributed by atoms with van der Waals surface area (Å²) in [5.74, 6) is 1.10. The average molecular weight is 167 g/mol. The highest BCUT2D eigenvalue weighted by atomic mass is 15.1. The van der Waals surface area contributed by atoms with Crippen LogP contribution in [0.1, 0.15) is 19.2 Å². The number of hydrogen-bond acceptors (Lipinski definition) is 2. The van der Waals surface area contributed by atoms with Gasteiger partial charge in [-0.05, 0) is 26.6 Å². The molecular formula is C9H17N3. The zero-order valence-electron chi connectivity index (χ0n) is 7.88. The Balaban J connectivity index is 2.11. The number of hydrogen-bond donors (Lipinski definition) is 1. The second kappa shape index (κ2) is 4.93. The van der Waals surface area contributed by atoms with E-state index < -0.39 is 0 Å². The van der Waals surface area contributed by atoms with Crippen LogP contribution in [0.5, 0.6) is 0 Å². The molecule has 0 amide bonds. The van der Waals surface area contributed by atoms with Gasteiger partial charge >= 0.3 is 0 Å². The first-order valence-electron chi connectivity index (χ1n) is 4.49. The third-order valence-electron chi connectivity index (χ3n) is 2.05. The standard InChI is InChI=1S/C9H17N3/c1-3-12(2)8-4-5-9-10-6-7-11-9/h6-7H,3-5,8H2,1-2H3,(H,10,11). The van der Waals surface area contributed by atoms with Gasteiger partial charge in [-0.2, -0.15) is 0 Å². The summed E-state index contributed by atoms with van der Waals surface area (Å²) in [6, 6.07) is 0. The molecule has 0 bridgehead atoms. The van der Waals surface area contributed by atoms with Crippen LogP contribution in [0.25, 0.3) is 0 Å². The number of rotatable bonds is 5. The normalized spacial score (nSPS) is 10.9. The molecule has 0 spiro atoms. The number of nitrogens with one attached hydrogen (secondary N) is 1. The van der Waals surface area contributed by atoms with Gasteiger partial charge in [-0.25, -0.2) is 4.98 Å². The summed E-state index contributed by atoms with van der Waals surface area (Å²) >= 11 is 0. The molecule has 1 heterocycles. The van der Waals surface area contributed by atoms with E-state index in [0.29, 0.717) is 0 Å². The number of aromatic nitrogens is 2. The zero-order chi connectivity index (χ0) is 8.81. The van der Waals surface area contributed by atoms with Crippen LogP contribution >= 0.6 is 0 Å². The first-order chi connectivity index (χ1) is 5.83. The third-order valence-corrected chi connectivity index (χ3v) is 2.05. The monoisotopic (exact) mass is 167 g/mol. The average Bonchev–Trinajstić information content (AvgIpc) is 2.57. The van der Waals surface area contributed by atoms with E-state index in [9.17, 15) is 0 Å². The van der Waals surface area contributed by atoms with Crippen LogP contribution in [0.3, 0.4) is 0 Å². The van der Waals surface area contributed by atoms with Crippen LogP contribution in [0.2, 0.25) is 0 Å². The van der Waals surface area contributed by atoms with Gasteiger partial charge in [0.05, 0.1) is 0 Å². The Morgan fingerprint density at radius 1 is 1.58 bits per heavy atom. The van der Waals surface area contributed by atoms with Crippen molar-refractivity contribution < 1.29 is 0 Å². The first kappa shape index (κ1) is 9.26. The van der Waals surface area contributed by atoms with Crippen LogP contribution in [-0.4, -0.2) is 35.0 Å². The minimum atomic E-state index is 1.05. The Morgan fingerprint density at radius 2 is 2.42 bits per heavy atom. The molecule has 1 aromatic rings. The van der Waals surface area contributed by atoms with Gasteiger partial charge in [-0.1, -0.05) is 6.92 Å². The SMILES string of the molecule is CCN(C)CCCc1ncc[nH]1. The summed E-state index contributed by atoms with van der Waals surface area (Å²) in [6.45, 7) is 4.45. The molecule has 1 aromatic heterocycles. The van der Waals surface area contributed by atoms with E-state index >= 15 is 0 Å². The summed E-state index contributed by atoms with van der Waals surface area (Å²) in [6.07, 6.45) is 5.91. The fourth-order valence-electron chi connectivity index (χ4n) is 1.11. The maximum Gasteiger partial charge on any atom is 0.106 e. The molecule has 0 saturated heterocycles. The summed E-state index contributed by atoms with van der Waals surface area (Å²) < 4.78 is 0. The molecule has 12 heavy (non-hydrogen) atoms. The van der Waals surface area contributed by atoms with Crippen molar-refractivity contribution >= 4 is 0 Å². The van der Waals surface area contributed by atoms with Gasteiger partial charge in [0, 0.05) is 18.8 Å². The molecule has 68 valence electrons. The number of H-pyrrole nitrogens is 1. The number of aromatic amines is 1. The molecule has 0 aromatic carbocycles. The fourth-order valence-corrected chi connectivity index (χ4v) is 1.11. The molecule has 0 unspecified atom stereocenters. The molecule has 0 radical (unpaired) electrons. The second-order valence-corrected chi connectivity index (χ2v) is 3.04. The van der Waals surface area contributed by atoms with E-state index in [1.807, 2.05) is 6.20 Å². The number of aryl methyl sites for hydroxylation is 1. The van der Waals surface area contributed by atoms with Crippen molar-refractivity contribution in [2.24, 2.45) is 0 Å². The van der Waals surface area contributed by atoms with E-state index in [-0.39, 0.29) is 0 Å². The fraction of sp³-hybridized carbons (Fsp3) is 0.667. The minimum Gasteiger partial charge on any atom is -0.349 e. The molecule has 0 atom stereocenters. The Morgan fingerprint density at radius 3 is 3.00 bits per heavy atom. The first-order valence-corrected chi connectivity index (χ1v) is 4.49. The van der Waals surface area contributed by atoms with Crippen LogP contribution in [-0.2, 0) is 6.42 Å². The van der Waals surface area contributed by atoms with E-state index in [1.54, 1.807) is 6.20 Å². The predicted molar refractivity (Wildman–Crippen MR) is 50.1 cm³/mol. The molecule has 0 fully saturated rings. The van der Waals surface area contributed by atoms with Crippen LogP contribution < -0.4 is 0 Å². The van der Waals surface area contributed by atoms with E-state index in [0.717, 1.165) is 25.3 Å². The minimum absolute atomic E-state index is 1.05. The van der Waals surface area contributed by atoms with Gasteiger partial charge in [0.15, 0.2) is 0 Å². The maximum atomic E-state index is 4.16. The highest BCUT2D eigenvalue weighted by Crippen LogP contribution is 1.95. The summed E-state index contributed by atoms with van der Waals surface area (Å²) in [7, 11) is 2.14. The maximum absolute atomic E-state index is 4.16. The van der Waals surface area contributed by atoms with Gasteiger partial charge in [-0.3, -0.25) is 0 Å². The second-order valence-electron chi connectivity index (χ2n) is 3.04. The molecular weight excluding hydrogens is 150 g/mol. The summed E-state index contributed by atoms with van der Waals surface area (Å²) in [5, 5.41) is 0. The summed E-state index contributed by atoms with van der Waals surface area (Å²) in [5.41, 5.74) is 0. The lowest BCUT2D eigenvalue weighted by Crippen LogP contribution is -2.19. The smallest absolute Gasteiger partial charge is 0.106 e. The predicted octanol–water partition coefficient (Wildman–Crippen LogP) is 1.29. The van der Waals surface area contributed by atoms with Crippen LogP contribution in [0.15, 0.2) is 12.4 Å². The van der Waals surface area contributed by atoms with E-state index in [1.165, 1.54) is 6.42 Å². The lowest BCUT2D eigenvalue weighted by molar-refractivity contribution is 0.346. The largest absolute Gasteiger partial charge is 0.349 e. The quantitative estimate of drug-likeness (QED) is 0.716. The Kier molecular flexibility index (Phi) is 3.80. The Labute approximate surface area is 73.8 Å². The zero-order valence-corrected chi connectivity index (χ0v) is 7.88. The topological polar surface area (TPSA) is 31.9 Å². The van der Waals surface area contributed by atoms with E-state index in [4.69, 9.17) is 0 Å². The summed E-state index contributed by atoms with van der Waals surface area (Å²) in [4.78, 5) is 9.57. The van der Waals surface area contributed by atoms with E-state index in [2.05, 4.69) is 28.8 Å². The van der Waals surface area contributed by atoms with Gasteiger partial charge in [-0.15, -0.1) is 0 Å². The Hall–Kier alpha value is -0.830. The van der Waals surface area contributed by atoms with Crippen molar-refractivity contribution in [1.29, 1.82) is 0 Å². The van der Waals surface area contributed by atoms with Crippen molar-refractivity contribution in [1.82, 2.24) is 14.9 Å². The lowest BCUT2D eigenvalue weighted by atomic mass is 10.3.